The van der Waals surface area contributed by atoms with Gasteiger partial charge >= 0.3 is 0 Å². The van der Waals surface area contributed by atoms with Crippen LogP contribution in [0.15, 0.2) is 10.5 Å². The van der Waals surface area contributed by atoms with Gasteiger partial charge in [-0.2, -0.15) is 0 Å². The highest BCUT2D eigenvalue weighted by atomic mass is 16.3. The standard InChI is InChI=1S/C12H19NO3/c1-7(2)10(14)6-13-12(15)11-8(3)5-9(4)16-11/h5,7,10,14H,6H2,1-4H3,(H,13,15). The van der Waals surface area contributed by atoms with Gasteiger partial charge in [0.05, 0.1) is 6.10 Å². The van der Waals surface area contributed by atoms with Crippen LogP contribution in [0.5, 0.6) is 0 Å². The highest BCUT2D eigenvalue weighted by Crippen LogP contribution is 2.13. The summed E-state index contributed by atoms with van der Waals surface area (Å²) < 4.78 is 5.28. The van der Waals surface area contributed by atoms with E-state index in [1.54, 1.807) is 6.92 Å². The first kappa shape index (κ1) is 12.8. The number of carbonyl (C=O) groups is 1. The largest absolute Gasteiger partial charge is 0.456 e. The summed E-state index contributed by atoms with van der Waals surface area (Å²) in [7, 11) is 0. The third-order valence-electron chi connectivity index (χ3n) is 2.49. The minimum absolute atomic E-state index is 0.125. The molecule has 4 heteroatoms. The van der Waals surface area contributed by atoms with E-state index >= 15 is 0 Å². The molecule has 90 valence electrons. The van der Waals surface area contributed by atoms with Gasteiger partial charge in [0.15, 0.2) is 5.76 Å². The van der Waals surface area contributed by atoms with Crippen molar-refractivity contribution in [1.29, 1.82) is 0 Å². The van der Waals surface area contributed by atoms with Gasteiger partial charge in [0.25, 0.3) is 5.91 Å². The maximum Gasteiger partial charge on any atom is 0.287 e. The van der Waals surface area contributed by atoms with E-state index in [0.29, 0.717) is 11.5 Å². The molecule has 1 unspecified atom stereocenters. The summed E-state index contributed by atoms with van der Waals surface area (Å²) >= 11 is 0. The van der Waals surface area contributed by atoms with Crippen molar-refractivity contribution in [3.05, 3.63) is 23.2 Å². The molecule has 2 N–H and O–H groups in total. The Balaban J connectivity index is 2.56. The van der Waals surface area contributed by atoms with E-state index in [9.17, 15) is 9.90 Å². The predicted octanol–water partition coefficient (Wildman–Crippen LogP) is 1.64. The molecule has 0 fully saturated rings. The third kappa shape index (κ3) is 3.10. The Morgan fingerprint density at radius 1 is 1.50 bits per heavy atom. The molecule has 0 radical (unpaired) electrons. The van der Waals surface area contributed by atoms with Crippen LogP contribution in [0.4, 0.5) is 0 Å². The second-order valence-corrected chi connectivity index (χ2v) is 4.39. The number of amides is 1. The smallest absolute Gasteiger partial charge is 0.287 e. The molecule has 0 aromatic carbocycles. The first-order valence-corrected chi connectivity index (χ1v) is 5.45. The number of hydrogen-bond donors (Lipinski definition) is 2. The lowest BCUT2D eigenvalue weighted by atomic mass is 10.1. The summed E-state index contributed by atoms with van der Waals surface area (Å²) in [6.07, 6.45) is -0.527. The maximum absolute atomic E-state index is 11.7. The SMILES string of the molecule is Cc1cc(C)c(C(=O)NCC(O)C(C)C)o1. The quantitative estimate of drug-likeness (QED) is 0.819. The molecule has 1 heterocycles. The zero-order chi connectivity index (χ0) is 12.3. The molecule has 0 bridgehead atoms. The molecule has 0 aliphatic heterocycles. The molecular weight excluding hydrogens is 206 g/mol. The number of aryl methyl sites for hydroxylation is 2. The number of carbonyl (C=O) groups excluding carboxylic acids is 1. The Hall–Kier alpha value is -1.29. The number of aliphatic hydroxyl groups excluding tert-OH is 1. The van der Waals surface area contributed by atoms with E-state index in [1.807, 2.05) is 26.8 Å². The van der Waals surface area contributed by atoms with Gasteiger partial charge in [-0.25, -0.2) is 0 Å². The summed E-state index contributed by atoms with van der Waals surface area (Å²) in [5.41, 5.74) is 0.814. The zero-order valence-corrected chi connectivity index (χ0v) is 10.2. The van der Waals surface area contributed by atoms with Gasteiger partial charge in [0, 0.05) is 12.1 Å². The molecule has 0 aliphatic rings. The monoisotopic (exact) mass is 225 g/mol. The molecule has 1 aromatic heterocycles. The van der Waals surface area contributed by atoms with Crippen LogP contribution >= 0.6 is 0 Å². The molecule has 0 saturated carbocycles. The van der Waals surface area contributed by atoms with Gasteiger partial charge in [-0.15, -0.1) is 0 Å². The Morgan fingerprint density at radius 3 is 2.56 bits per heavy atom. The zero-order valence-electron chi connectivity index (χ0n) is 10.2. The van der Waals surface area contributed by atoms with Crippen LogP contribution in [0.3, 0.4) is 0 Å². The number of aliphatic hydroxyl groups is 1. The van der Waals surface area contributed by atoms with Gasteiger partial charge in [0.2, 0.25) is 0 Å². The van der Waals surface area contributed by atoms with Crippen molar-refractivity contribution in [2.75, 3.05) is 6.54 Å². The lowest BCUT2D eigenvalue weighted by Gasteiger charge is -2.14. The van der Waals surface area contributed by atoms with Crippen molar-refractivity contribution < 1.29 is 14.3 Å². The average Bonchev–Trinajstić information content (AvgIpc) is 2.53. The number of rotatable bonds is 4. The Bertz CT molecular complexity index is 368. The lowest BCUT2D eigenvalue weighted by Crippen LogP contribution is -2.34. The Kier molecular flexibility index (Phi) is 4.12. The third-order valence-corrected chi connectivity index (χ3v) is 2.49. The van der Waals surface area contributed by atoms with Crippen molar-refractivity contribution in [2.24, 2.45) is 5.92 Å². The van der Waals surface area contributed by atoms with Crippen molar-refractivity contribution in [3.63, 3.8) is 0 Å². The van der Waals surface area contributed by atoms with E-state index in [0.717, 1.165) is 5.56 Å². The normalized spacial score (nSPS) is 12.9. The fourth-order valence-electron chi connectivity index (χ4n) is 1.38. The minimum Gasteiger partial charge on any atom is -0.456 e. The fraction of sp³-hybridized carbons (Fsp3) is 0.583. The molecule has 1 aromatic rings. The van der Waals surface area contributed by atoms with Gasteiger partial charge in [0.1, 0.15) is 5.76 Å². The van der Waals surface area contributed by atoms with Crippen LogP contribution in [0.25, 0.3) is 0 Å². The summed E-state index contributed by atoms with van der Waals surface area (Å²) in [5, 5.41) is 12.2. The highest BCUT2D eigenvalue weighted by Gasteiger charge is 2.16. The first-order chi connectivity index (χ1) is 7.41. The molecule has 1 rings (SSSR count). The first-order valence-electron chi connectivity index (χ1n) is 5.45. The summed E-state index contributed by atoms with van der Waals surface area (Å²) in [6.45, 7) is 7.67. The second-order valence-electron chi connectivity index (χ2n) is 4.39. The molecule has 1 atom stereocenters. The van der Waals surface area contributed by atoms with Crippen LogP contribution in [-0.4, -0.2) is 23.7 Å². The van der Waals surface area contributed by atoms with E-state index < -0.39 is 6.10 Å². The summed E-state index contributed by atoms with van der Waals surface area (Å²) in [5.74, 6) is 0.894. The predicted molar refractivity (Wildman–Crippen MR) is 61.4 cm³/mol. The molecule has 0 spiro atoms. The van der Waals surface area contributed by atoms with Crippen LogP contribution in [0, 0.1) is 19.8 Å². The van der Waals surface area contributed by atoms with Gasteiger partial charge < -0.3 is 14.8 Å². The van der Waals surface area contributed by atoms with Gasteiger partial charge in [-0.1, -0.05) is 13.8 Å². The van der Waals surface area contributed by atoms with Crippen LogP contribution in [0.2, 0.25) is 0 Å². The molecule has 0 saturated heterocycles. The minimum atomic E-state index is -0.527. The lowest BCUT2D eigenvalue weighted by molar-refractivity contribution is 0.0845. The number of furan rings is 1. The van der Waals surface area contributed by atoms with E-state index in [-0.39, 0.29) is 18.4 Å². The highest BCUT2D eigenvalue weighted by molar-refractivity contribution is 5.92. The molecule has 0 aliphatic carbocycles. The molecule has 4 nitrogen and oxygen atoms in total. The Morgan fingerprint density at radius 2 is 2.12 bits per heavy atom. The van der Waals surface area contributed by atoms with Crippen LogP contribution in [-0.2, 0) is 0 Å². The number of nitrogens with one attached hydrogen (secondary N) is 1. The fourth-order valence-corrected chi connectivity index (χ4v) is 1.38. The van der Waals surface area contributed by atoms with Crippen molar-refractivity contribution in [3.8, 4) is 0 Å². The topological polar surface area (TPSA) is 62.5 Å². The number of hydrogen-bond acceptors (Lipinski definition) is 3. The summed E-state index contributed by atoms with van der Waals surface area (Å²) in [6, 6.07) is 1.81. The van der Waals surface area contributed by atoms with Crippen LogP contribution in [0.1, 0.15) is 35.7 Å². The molecule has 16 heavy (non-hydrogen) atoms. The van der Waals surface area contributed by atoms with E-state index in [4.69, 9.17) is 4.42 Å². The molecule has 1 amide bonds. The van der Waals surface area contributed by atoms with Crippen LogP contribution < -0.4 is 5.32 Å². The molecular formula is C12H19NO3. The van der Waals surface area contributed by atoms with Crippen molar-refractivity contribution in [2.45, 2.75) is 33.8 Å². The van der Waals surface area contributed by atoms with E-state index in [2.05, 4.69) is 5.32 Å². The van der Waals surface area contributed by atoms with E-state index in [1.165, 1.54) is 0 Å². The summed E-state index contributed by atoms with van der Waals surface area (Å²) in [4.78, 5) is 11.7. The second kappa shape index (κ2) is 5.16. The van der Waals surface area contributed by atoms with Crippen molar-refractivity contribution >= 4 is 5.91 Å². The average molecular weight is 225 g/mol. The van der Waals surface area contributed by atoms with Gasteiger partial charge in [-0.3, -0.25) is 4.79 Å². The Labute approximate surface area is 95.7 Å². The van der Waals surface area contributed by atoms with Gasteiger partial charge in [-0.05, 0) is 25.8 Å². The van der Waals surface area contributed by atoms with Crippen molar-refractivity contribution in [1.82, 2.24) is 5.32 Å². The maximum atomic E-state index is 11.7.